The summed E-state index contributed by atoms with van der Waals surface area (Å²) in [6, 6.07) is 4.79. The van der Waals surface area contributed by atoms with Crippen LogP contribution in [0.15, 0.2) is 31.8 Å². The van der Waals surface area contributed by atoms with Crippen LogP contribution in [-0.2, 0) is 26.2 Å². The Morgan fingerprint density at radius 1 is 1.43 bits per heavy atom. The van der Waals surface area contributed by atoms with Gasteiger partial charge in [0.25, 0.3) is 0 Å². The van der Waals surface area contributed by atoms with Crippen molar-refractivity contribution in [2.75, 3.05) is 6.54 Å². The Kier molecular flexibility index (Phi) is 4.86. The molecule has 1 atom stereocenters. The van der Waals surface area contributed by atoms with Crippen LogP contribution >= 0.6 is 0 Å². The van der Waals surface area contributed by atoms with Gasteiger partial charge in [-0.1, -0.05) is 13.0 Å². The summed E-state index contributed by atoms with van der Waals surface area (Å²) in [6.45, 7) is 1.78. The molecule has 1 unspecified atom stereocenters. The van der Waals surface area contributed by atoms with E-state index in [-0.39, 0.29) is 11.4 Å². The number of sulfonamides is 1. The molecule has 2 N–H and O–H groups in total. The van der Waals surface area contributed by atoms with Crippen molar-refractivity contribution in [2.45, 2.75) is 24.7 Å². The van der Waals surface area contributed by atoms with Gasteiger partial charge >= 0.3 is 5.97 Å². The van der Waals surface area contributed by atoms with Crippen LogP contribution in [0.3, 0.4) is 0 Å². The summed E-state index contributed by atoms with van der Waals surface area (Å²) in [7, 11) is -3.67. The lowest BCUT2D eigenvalue weighted by Gasteiger charge is -2.09. The zero-order valence-corrected chi connectivity index (χ0v) is 12.9. The second-order valence-corrected chi connectivity index (χ2v) is 6.93. The SMILES string of the molecule is CC(CCCNS(=O)(=O)c1cccc2c1N=S=N2)C(=O)O. The molecule has 1 aliphatic rings. The summed E-state index contributed by atoms with van der Waals surface area (Å²) in [5.41, 5.74) is 0.899. The third kappa shape index (κ3) is 3.74. The number of nitrogens with zero attached hydrogens (tertiary/aromatic N) is 2. The van der Waals surface area contributed by atoms with E-state index >= 15 is 0 Å². The van der Waals surface area contributed by atoms with Gasteiger partial charge in [0, 0.05) is 6.54 Å². The van der Waals surface area contributed by atoms with Crippen molar-refractivity contribution in [3.05, 3.63) is 18.2 Å². The van der Waals surface area contributed by atoms with E-state index in [1.54, 1.807) is 19.1 Å². The van der Waals surface area contributed by atoms with Gasteiger partial charge in [-0.15, -0.1) is 0 Å². The molecule has 0 amide bonds. The van der Waals surface area contributed by atoms with Crippen molar-refractivity contribution in [1.82, 2.24) is 4.72 Å². The first-order valence-corrected chi connectivity index (χ1v) is 8.57. The molecule has 9 heteroatoms. The quantitative estimate of drug-likeness (QED) is 0.759. The van der Waals surface area contributed by atoms with Crippen LogP contribution in [0.25, 0.3) is 0 Å². The van der Waals surface area contributed by atoms with Gasteiger partial charge in [-0.05, 0) is 25.0 Å². The second kappa shape index (κ2) is 6.46. The molecule has 0 bridgehead atoms. The maximum atomic E-state index is 12.2. The first-order chi connectivity index (χ1) is 9.92. The molecule has 0 saturated heterocycles. The highest BCUT2D eigenvalue weighted by molar-refractivity contribution is 7.89. The van der Waals surface area contributed by atoms with E-state index in [0.717, 1.165) is 11.4 Å². The van der Waals surface area contributed by atoms with Crippen molar-refractivity contribution < 1.29 is 18.3 Å². The van der Waals surface area contributed by atoms with Gasteiger partial charge in [0.1, 0.15) is 16.3 Å². The van der Waals surface area contributed by atoms with E-state index in [1.165, 1.54) is 6.07 Å². The van der Waals surface area contributed by atoms with Crippen LogP contribution in [0.4, 0.5) is 11.4 Å². The molecule has 21 heavy (non-hydrogen) atoms. The van der Waals surface area contributed by atoms with Crippen molar-refractivity contribution in [3.8, 4) is 0 Å². The minimum absolute atomic E-state index is 0.0973. The van der Waals surface area contributed by atoms with E-state index in [1.807, 2.05) is 0 Å². The lowest BCUT2D eigenvalue weighted by atomic mass is 10.1. The Morgan fingerprint density at radius 3 is 2.90 bits per heavy atom. The molecule has 0 radical (unpaired) electrons. The second-order valence-electron chi connectivity index (χ2n) is 4.67. The predicted molar refractivity (Wildman–Crippen MR) is 79.2 cm³/mol. The van der Waals surface area contributed by atoms with E-state index in [4.69, 9.17) is 5.11 Å². The number of carboxylic acids is 1. The van der Waals surface area contributed by atoms with E-state index in [0.29, 0.717) is 24.2 Å². The Balaban J connectivity index is 1.99. The van der Waals surface area contributed by atoms with Crippen LogP contribution in [-0.4, -0.2) is 26.0 Å². The molecule has 0 saturated carbocycles. The van der Waals surface area contributed by atoms with Crippen LogP contribution in [0.1, 0.15) is 19.8 Å². The largest absolute Gasteiger partial charge is 0.481 e. The highest BCUT2D eigenvalue weighted by Crippen LogP contribution is 2.37. The predicted octanol–water partition coefficient (Wildman–Crippen LogP) is 2.19. The normalized spacial score (nSPS) is 14.5. The van der Waals surface area contributed by atoms with E-state index in [2.05, 4.69) is 13.4 Å². The maximum absolute atomic E-state index is 12.2. The molecule has 1 heterocycles. The maximum Gasteiger partial charge on any atom is 0.306 e. The Bertz CT molecular complexity index is 724. The van der Waals surface area contributed by atoms with Crippen LogP contribution in [0.5, 0.6) is 0 Å². The third-order valence-corrected chi connectivity index (χ3v) is 5.10. The lowest BCUT2D eigenvalue weighted by Crippen LogP contribution is -2.25. The average Bonchev–Trinajstić information content (AvgIpc) is 2.91. The smallest absolute Gasteiger partial charge is 0.306 e. The molecule has 0 spiro atoms. The molecule has 114 valence electrons. The molecule has 0 aromatic heterocycles. The molecule has 1 aromatic carbocycles. The number of hydrogen-bond donors (Lipinski definition) is 2. The topological polar surface area (TPSA) is 108 Å². The van der Waals surface area contributed by atoms with Crippen LogP contribution < -0.4 is 4.72 Å². The van der Waals surface area contributed by atoms with Crippen molar-refractivity contribution in [1.29, 1.82) is 0 Å². The zero-order valence-electron chi connectivity index (χ0n) is 11.3. The van der Waals surface area contributed by atoms with Gasteiger partial charge in [0.15, 0.2) is 0 Å². The lowest BCUT2D eigenvalue weighted by molar-refractivity contribution is -0.141. The van der Waals surface area contributed by atoms with Gasteiger partial charge in [-0.25, -0.2) is 13.1 Å². The van der Waals surface area contributed by atoms with Crippen LogP contribution in [0, 0.1) is 5.92 Å². The first-order valence-electron chi connectivity index (χ1n) is 6.35. The number of carboxylic acid groups (broad SMARTS) is 1. The Hall–Kier alpha value is -1.58. The fourth-order valence-electron chi connectivity index (χ4n) is 1.81. The number of nitrogens with one attached hydrogen (secondary N) is 1. The monoisotopic (exact) mass is 329 g/mol. The van der Waals surface area contributed by atoms with Gasteiger partial charge in [-0.3, -0.25) is 4.79 Å². The average molecular weight is 329 g/mol. The van der Waals surface area contributed by atoms with Crippen molar-refractivity contribution >= 4 is 38.7 Å². The molecule has 7 nitrogen and oxygen atoms in total. The van der Waals surface area contributed by atoms with Gasteiger partial charge < -0.3 is 5.11 Å². The van der Waals surface area contributed by atoms with Crippen LogP contribution in [0.2, 0.25) is 0 Å². The number of benzene rings is 1. The molecule has 2 rings (SSSR count). The Morgan fingerprint density at radius 2 is 2.19 bits per heavy atom. The molecule has 0 aliphatic carbocycles. The number of rotatable bonds is 7. The number of carbonyl (C=O) groups is 1. The minimum Gasteiger partial charge on any atom is -0.481 e. The summed E-state index contributed by atoms with van der Waals surface area (Å²) in [6.07, 6.45) is 0.873. The molecular weight excluding hydrogens is 314 g/mol. The van der Waals surface area contributed by atoms with E-state index in [9.17, 15) is 13.2 Å². The summed E-state index contributed by atoms with van der Waals surface area (Å²) < 4.78 is 34.9. The molecule has 0 fully saturated rings. The summed E-state index contributed by atoms with van der Waals surface area (Å²) in [4.78, 5) is 10.8. The van der Waals surface area contributed by atoms with Crippen molar-refractivity contribution in [3.63, 3.8) is 0 Å². The van der Waals surface area contributed by atoms with Crippen molar-refractivity contribution in [2.24, 2.45) is 14.6 Å². The minimum atomic E-state index is -3.67. The summed E-state index contributed by atoms with van der Waals surface area (Å²) in [5, 5.41) is 8.76. The standard InChI is InChI=1S/C12H15N3O4S2/c1-8(12(16)17)4-3-7-13-21(18,19)10-6-2-5-9-11(10)15-20-14-9/h2,5-6,8,13H,3-4,7H2,1H3,(H,16,17). The van der Waals surface area contributed by atoms with Gasteiger partial charge in [0.05, 0.1) is 17.3 Å². The number of aliphatic carboxylic acids is 1. The fraction of sp³-hybridized carbons (Fsp3) is 0.417. The number of hydrogen-bond acceptors (Lipinski definition) is 5. The van der Waals surface area contributed by atoms with Gasteiger partial charge in [0.2, 0.25) is 10.0 Å². The molecular formula is C12H15N3O4S2. The summed E-state index contributed by atoms with van der Waals surface area (Å²) >= 11 is 0.961. The highest BCUT2D eigenvalue weighted by Gasteiger charge is 2.22. The first kappa shape index (κ1) is 15.8. The fourth-order valence-corrected chi connectivity index (χ4v) is 3.65. The summed E-state index contributed by atoms with van der Waals surface area (Å²) in [5.74, 6) is -1.36. The number of fused-ring (bicyclic) bond motifs is 1. The third-order valence-electron chi connectivity index (χ3n) is 3.07. The van der Waals surface area contributed by atoms with E-state index < -0.39 is 21.9 Å². The molecule has 1 aromatic rings. The molecule has 1 aliphatic heterocycles. The highest BCUT2D eigenvalue weighted by atomic mass is 32.2. The van der Waals surface area contributed by atoms with Gasteiger partial charge in [-0.2, -0.15) is 8.73 Å². The zero-order chi connectivity index (χ0) is 15.5. The Labute approximate surface area is 126 Å².